The van der Waals surface area contributed by atoms with E-state index < -0.39 is 6.10 Å². The van der Waals surface area contributed by atoms with Gasteiger partial charge < -0.3 is 14.2 Å². The molecular weight excluding hydrogens is 709 g/mol. The van der Waals surface area contributed by atoms with Crippen molar-refractivity contribution in [3.05, 3.63) is 0 Å². The second-order valence-electron chi connectivity index (χ2n) is 18.2. The monoisotopic (exact) mass is 807 g/mol. The zero-order chi connectivity index (χ0) is 41.9. The number of carbonyl (C=O) groups excluding carboxylic acids is 3. The summed E-state index contributed by atoms with van der Waals surface area (Å²) in [6.07, 6.45) is 43.7. The topological polar surface area (TPSA) is 78.9 Å². The van der Waals surface area contributed by atoms with Crippen molar-refractivity contribution in [2.75, 3.05) is 13.2 Å². The molecule has 0 aliphatic carbocycles. The lowest BCUT2D eigenvalue weighted by atomic mass is 9.99. The van der Waals surface area contributed by atoms with Crippen LogP contribution in [-0.2, 0) is 28.6 Å². The molecule has 6 heteroatoms. The van der Waals surface area contributed by atoms with Crippen LogP contribution in [0, 0.1) is 11.8 Å². The van der Waals surface area contributed by atoms with E-state index in [1.165, 1.54) is 167 Å². The van der Waals surface area contributed by atoms with Crippen molar-refractivity contribution in [3.63, 3.8) is 0 Å². The van der Waals surface area contributed by atoms with Crippen LogP contribution in [0.4, 0.5) is 0 Å². The van der Waals surface area contributed by atoms with Gasteiger partial charge in [0.1, 0.15) is 13.2 Å². The molecule has 0 saturated carbocycles. The predicted octanol–water partition coefficient (Wildman–Crippen LogP) is 16.1. The van der Waals surface area contributed by atoms with Crippen molar-refractivity contribution in [2.24, 2.45) is 11.8 Å². The standard InChI is InChI=1S/C51H98O6/c1-6-8-9-10-11-12-13-14-15-16-20-26-31-36-41-49(52)55-44-48(57-51(54)43-38-33-28-23-22-25-30-35-40-47(5)7-2)45-56-50(53)42-37-32-27-21-18-17-19-24-29-34-39-46(3)4/h46-48H,6-45H2,1-5H3/t47?,48-/m0/s1. The van der Waals surface area contributed by atoms with Gasteiger partial charge in [0.2, 0.25) is 0 Å². The summed E-state index contributed by atoms with van der Waals surface area (Å²) >= 11 is 0. The van der Waals surface area contributed by atoms with Crippen molar-refractivity contribution in [3.8, 4) is 0 Å². The second-order valence-corrected chi connectivity index (χ2v) is 18.2. The van der Waals surface area contributed by atoms with Crippen molar-refractivity contribution in [1.29, 1.82) is 0 Å². The third-order valence-corrected chi connectivity index (χ3v) is 11.8. The zero-order valence-electron chi connectivity index (χ0n) is 39.0. The first-order valence-electron chi connectivity index (χ1n) is 25.3. The van der Waals surface area contributed by atoms with Gasteiger partial charge in [-0.3, -0.25) is 14.4 Å². The molecule has 1 unspecified atom stereocenters. The normalized spacial score (nSPS) is 12.5. The molecule has 0 bridgehead atoms. The summed E-state index contributed by atoms with van der Waals surface area (Å²) in [4.78, 5) is 37.9. The van der Waals surface area contributed by atoms with Crippen LogP contribution in [0.2, 0.25) is 0 Å². The summed E-state index contributed by atoms with van der Waals surface area (Å²) in [5.41, 5.74) is 0. The minimum Gasteiger partial charge on any atom is -0.462 e. The Bertz CT molecular complexity index is 872. The molecule has 0 amide bonds. The Morgan fingerprint density at radius 3 is 1.00 bits per heavy atom. The zero-order valence-corrected chi connectivity index (χ0v) is 39.0. The highest BCUT2D eigenvalue weighted by Gasteiger charge is 2.19. The lowest BCUT2D eigenvalue weighted by Gasteiger charge is -2.18. The summed E-state index contributed by atoms with van der Waals surface area (Å²) in [6, 6.07) is 0. The molecule has 6 nitrogen and oxygen atoms in total. The minimum absolute atomic E-state index is 0.0643. The van der Waals surface area contributed by atoms with Crippen LogP contribution in [-0.4, -0.2) is 37.2 Å². The SMILES string of the molecule is CCCCCCCCCCCCCCCCC(=O)OC[C@@H](COC(=O)CCCCCCCCCCCCC(C)C)OC(=O)CCCCCCCCCCC(C)CC. The number of unbranched alkanes of at least 4 members (excludes halogenated alkanes) is 29. The first-order valence-corrected chi connectivity index (χ1v) is 25.3. The number of hydrogen-bond acceptors (Lipinski definition) is 6. The fourth-order valence-electron chi connectivity index (χ4n) is 7.60. The van der Waals surface area contributed by atoms with E-state index in [1.807, 2.05) is 0 Å². The highest BCUT2D eigenvalue weighted by atomic mass is 16.6. The molecular formula is C51H98O6. The molecule has 0 spiro atoms. The van der Waals surface area contributed by atoms with Crippen molar-refractivity contribution < 1.29 is 28.6 Å². The maximum Gasteiger partial charge on any atom is 0.306 e. The molecule has 0 aromatic rings. The summed E-state index contributed by atoms with van der Waals surface area (Å²) in [7, 11) is 0. The molecule has 0 saturated heterocycles. The van der Waals surface area contributed by atoms with Crippen molar-refractivity contribution in [1.82, 2.24) is 0 Å². The predicted molar refractivity (Wildman–Crippen MR) is 243 cm³/mol. The molecule has 0 radical (unpaired) electrons. The van der Waals surface area contributed by atoms with Crippen LogP contribution in [0.3, 0.4) is 0 Å². The van der Waals surface area contributed by atoms with E-state index in [-0.39, 0.29) is 31.1 Å². The average molecular weight is 807 g/mol. The molecule has 0 aliphatic heterocycles. The number of hydrogen-bond donors (Lipinski definition) is 0. The van der Waals surface area contributed by atoms with Gasteiger partial charge in [0.05, 0.1) is 0 Å². The number of rotatable bonds is 45. The van der Waals surface area contributed by atoms with Crippen LogP contribution in [0.15, 0.2) is 0 Å². The van der Waals surface area contributed by atoms with Gasteiger partial charge in [0.15, 0.2) is 6.10 Å². The third kappa shape index (κ3) is 43.8. The average Bonchev–Trinajstić information content (AvgIpc) is 3.19. The summed E-state index contributed by atoms with van der Waals surface area (Å²) in [5, 5.41) is 0. The van der Waals surface area contributed by atoms with E-state index in [0.29, 0.717) is 19.3 Å². The first-order chi connectivity index (χ1) is 27.8. The Balaban J connectivity index is 4.33. The number of esters is 3. The second kappa shape index (κ2) is 44.0. The third-order valence-electron chi connectivity index (χ3n) is 11.8. The Kier molecular flexibility index (Phi) is 42.7. The maximum atomic E-state index is 12.8. The summed E-state index contributed by atoms with van der Waals surface area (Å²) < 4.78 is 16.8. The van der Waals surface area contributed by atoms with Gasteiger partial charge in [-0.05, 0) is 31.1 Å². The molecule has 0 fully saturated rings. The van der Waals surface area contributed by atoms with Crippen LogP contribution < -0.4 is 0 Å². The fraction of sp³-hybridized carbons (Fsp3) is 0.941. The molecule has 57 heavy (non-hydrogen) atoms. The smallest absolute Gasteiger partial charge is 0.306 e. The quantitative estimate of drug-likeness (QED) is 0.0346. The molecule has 0 aromatic heterocycles. The van der Waals surface area contributed by atoms with Crippen LogP contribution >= 0.6 is 0 Å². The lowest BCUT2D eigenvalue weighted by Crippen LogP contribution is -2.30. The van der Waals surface area contributed by atoms with E-state index in [0.717, 1.165) is 69.6 Å². The highest BCUT2D eigenvalue weighted by molar-refractivity contribution is 5.71. The lowest BCUT2D eigenvalue weighted by molar-refractivity contribution is -0.167. The highest BCUT2D eigenvalue weighted by Crippen LogP contribution is 2.17. The van der Waals surface area contributed by atoms with E-state index in [2.05, 4.69) is 34.6 Å². The van der Waals surface area contributed by atoms with Gasteiger partial charge in [-0.2, -0.15) is 0 Å². The Morgan fingerprint density at radius 2 is 0.667 bits per heavy atom. The van der Waals surface area contributed by atoms with Gasteiger partial charge in [-0.15, -0.1) is 0 Å². The largest absolute Gasteiger partial charge is 0.462 e. The summed E-state index contributed by atoms with van der Waals surface area (Å²) in [6.45, 7) is 11.4. The maximum absolute atomic E-state index is 12.8. The van der Waals surface area contributed by atoms with Gasteiger partial charge in [0.25, 0.3) is 0 Å². The molecule has 338 valence electrons. The molecule has 2 atom stereocenters. The fourth-order valence-corrected chi connectivity index (χ4v) is 7.60. The first kappa shape index (κ1) is 55.4. The Hall–Kier alpha value is -1.59. The molecule has 0 aromatic carbocycles. The van der Waals surface area contributed by atoms with Crippen molar-refractivity contribution in [2.45, 2.75) is 285 Å². The van der Waals surface area contributed by atoms with Gasteiger partial charge in [-0.25, -0.2) is 0 Å². The molecule has 0 N–H and O–H groups in total. The number of ether oxygens (including phenoxy) is 3. The van der Waals surface area contributed by atoms with Gasteiger partial charge >= 0.3 is 17.9 Å². The van der Waals surface area contributed by atoms with Crippen LogP contribution in [0.25, 0.3) is 0 Å². The van der Waals surface area contributed by atoms with E-state index in [1.54, 1.807) is 0 Å². The minimum atomic E-state index is -0.762. The van der Waals surface area contributed by atoms with Crippen molar-refractivity contribution >= 4 is 17.9 Å². The Labute approximate surface area is 355 Å². The van der Waals surface area contributed by atoms with E-state index >= 15 is 0 Å². The van der Waals surface area contributed by atoms with E-state index in [4.69, 9.17) is 14.2 Å². The van der Waals surface area contributed by atoms with Crippen LogP contribution in [0.5, 0.6) is 0 Å². The summed E-state index contributed by atoms with van der Waals surface area (Å²) in [5.74, 6) is 0.812. The molecule has 0 aliphatic rings. The number of carbonyl (C=O) groups is 3. The van der Waals surface area contributed by atoms with Crippen LogP contribution in [0.1, 0.15) is 279 Å². The molecule has 0 heterocycles. The molecule has 0 rings (SSSR count). The Morgan fingerprint density at radius 1 is 0.368 bits per heavy atom. The van der Waals surface area contributed by atoms with Gasteiger partial charge in [-0.1, -0.05) is 240 Å². The van der Waals surface area contributed by atoms with Gasteiger partial charge in [0, 0.05) is 19.3 Å². The van der Waals surface area contributed by atoms with E-state index in [9.17, 15) is 14.4 Å².